The fourth-order valence-electron chi connectivity index (χ4n) is 4.82. The molecule has 0 aliphatic carbocycles. The number of carbonyl (C=O) groups is 1. The second-order valence-electron chi connectivity index (χ2n) is 11.6. The second kappa shape index (κ2) is 15.5. The van der Waals surface area contributed by atoms with Crippen molar-refractivity contribution >= 4 is 35.5 Å². The van der Waals surface area contributed by atoms with Crippen molar-refractivity contribution in [1.29, 1.82) is 0 Å². The lowest BCUT2D eigenvalue weighted by molar-refractivity contribution is -0.440. The fraction of sp³-hybridized carbons (Fsp3) is 0.424. The van der Waals surface area contributed by atoms with Crippen molar-refractivity contribution in [2.45, 2.75) is 68.5 Å². The summed E-state index contributed by atoms with van der Waals surface area (Å²) >= 11 is 1.22. The number of rotatable bonds is 16. The van der Waals surface area contributed by atoms with Gasteiger partial charge in [0.1, 0.15) is 18.1 Å². The highest BCUT2D eigenvalue weighted by Gasteiger charge is 2.90. The molecule has 290 valence electrons. The van der Waals surface area contributed by atoms with E-state index >= 15 is 0 Å². The van der Waals surface area contributed by atoms with Crippen LogP contribution in [0.15, 0.2) is 58.9 Å². The molecule has 0 atom stereocenters. The van der Waals surface area contributed by atoms with Crippen LogP contribution < -0.4 is 9.47 Å². The van der Waals surface area contributed by atoms with Gasteiger partial charge in [-0.2, -0.15) is 57.1 Å². The van der Waals surface area contributed by atoms with Crippen molar-refractivity contribution in [3.63, 3.8) is 0 Å². The van der Waals surface area contributed by atoms with Crippen LogP contribution in [0.25, 0.3) is 12.2 Å². The van der Waals surface area contributed by atoms with Gasteiger partial charge in [-0.05, 0) is 47.7 Å². The van der Waals surface area contributed by atoms with Crippen LogP contribution in [0.1, 0.15) is 51.0 Å². The molecule has 0 spiro atoms. The molecule has 2 heterocycles. The summed E-state index contributed by atoms with van der Waals surface area (Å²) in [5.41, 5.74) is 1.55. The van der Waals surface area contributed by atoms with Gasteiger partial charge in [0.25, 0.3) is 0 Å². The number of hydrogen-bond donors (Lipinski definition) is 0. The summed E-state index contributed by atoms with van der Waals surface area (Å²) in [6.07, 6.45) is -6.03. The largest absolute Gasteiger partial charge is 0.485 e. The maximum Gasteiger partial charge on any atom is 0.460 e. The number of nitrogens with zero attached hydrogens (tertiary/aromatic N) is 3. The van der Waals surface area contributed by atoms with Crippen LogP contribution in [0.5, 0.6) is 11.5 Å². The van der Waals surface area contributed by atoms with E-state index in [2.05, 4.69) is 10.3 Å². The molecule has 0 amide bonds. The molecule has 0 saturated carbocycles. The first-order valence-corrected chi connectivity index (χ1v) is 16.3. The molecule has 1 aliphatic heterocycles. The van der Waals surface area contributed by atoms with Gasteiger partial charge < -0.3 is 9.47 Å². The molecule has 6 nitrogen and oxygen atoms in total. The van der Waals surface area contributed by atoms with Crippen LogP contribution in [-0.2, 0) is 13.0 Å². The number of ether oxygens (including phenoxy) is 2. The molecule has 53 heavy (non-hydrogen) atoms. The number of benzene rings is 2. The van der Waals surface area contributed by atoms with Gasteiger partial charge in [-0.1, -0.05) is 54.6 Å². The number of thiophene rings is 1. The van der Waals surface area contributed by atoms with Gasteiger partial charge in [-0.25, -0.2) is 0 Å². The molecule has 1 aromatic heterocycles. The second-order valence-corrected chi connectivity index (χ2v) is 12.7. The molecular formula is C33H28F13N3O3S. The zero-order chi connectivity index (χ0) is 39.5. The van der Waals surface area contributed by atoms with Gasteiger partial charge in [-0.3, -0.25) is 9.80 Å². The Kier molecular flexibility index (Phi) is 12.1. The van der Waals surface area contributed by atoms with E-state index in [1.54, 1.807) is 36.4 Å². The summed E-state index contributed by atoms with van der Waals surface area (Å²) in [5.74, 6) is -36.0. The Balaban J connectivity index is 1.37. The zero-order valence-corrected chi connectivity index (χ0v) is 28.0. The number of halogens is 13. The summed E-state index contributed by atoms with van der Waals surface area (Å²) in [4.78, 5) is 12.5. The number of fused-ring (bicyclic) bond motifs is 1. The van der Waals surface area contributed by atoms with Crippen molar-refractivity contribution in [1.82, 2.24) is 5.01 Å². The lowest BCUT2D eigenvalue weighted by Gasteiger charge is -2.39. The van der Waals surface area contributed by atoms with Gasteiger partial charge in [0.05, 0.1) is 17.1 Å². The average Bonchev–Trinajstić information content (AvgIpc) is 3.47. The van der Waals surface area contributed by atoms with Gasteiger partial charge in [0.15, 0.2) is 17.8 Å². The van der Waals surface area contributed by atoms with Crippen molar-refractivity contribution in [2.75, 3.05) is 19.8 Å². The Morgan fingerprint density at radius 1 is 0.717 bits per heavy atom. The van der Waals surface area contributed by atoms with E-state index in [0.717, 1.165) is 17.7 Å². The van der Waals surface area contributed by atoms with Crippen molar-refractivity contribution < 1.29 is 71.3 Å². The minimum atomic E-state index is -7.92. The zero-order valence-electron chi connectivity index (χ0n) is 27.2. The minimum Gasteiger partial charge on any atom is -0.485 e. The van der Waals surface area contributed by atoms with Gasteiger partial charge in [0, 0.05) is 13.0 Å². The molecule has 3 aromatic rings. The molecule has 0 N–H and O–H groups in total. The third-order valence-corrected chi connectivity index (χ3v) is 8.80. The molecule has 2 aromatic carbocycles. The summed E-state index contributed by atoms with van der Waals surface area (Å²) in [7, 11) is 0. The highest BCUT2D eigenvalue weighted by Crippen LogP contribution is 2.60. The Morgan fingerprint density at radius 3 is 1.81 bits per heavy atom. The standard InChI is InChI=1S/C33H28F13N3O3S/c1-2-15-49(48-47-23-10-7-20(8-11-23)9-12-24-26-27(25(19-50)53-24)52-17-16-51-26)18-22-5-3-21(4-6-22)13-14-28(34,35)29(36,37)30(38,39)31(40,41)32(42,43)33(44,45)46/h3-12,19H,2,13-18H2,1H3/b12-9+,48-47?. The number of aryl methyl sites for hydroxylation is 1. The highest BCUT2D eigenvalue weighted by molar-refractivity contribution is 7.15. The SMILES string of the molecule is CCCN(Cc1ccc(CCC(F)(F)C(F)(F)C(F)(F)C(F)(F)C(F)(F)C(F)(F)F)cc1)N=Nc1ccc(/C=C/c2sc(C=O)c3c2OCCO3)cc1. The molecule has 4 rings (SSSR count). The van der Waals surface area contributed by atoms with E-state index in [1.807, 2.05) is 6.92 Å². The Hall–Kier alpha value is -4.36. The summed E-state index contributed by atoms with van der Waals surface area (Å²) < 4.78 is 185. The molecule has 20 heteroatoms. The molecule has 0 saturated heterocycles. The topological polar surface area (TPSA) is 63.5 Å². The van der Waals surface area contributed by atoms with Crippen LogP contribution in [0.4, 0.5) is 62.8 Å². The van der Waals surface area contributed by atoms with E-state index in [-0.39, 0.29) is 12.1 Å². The molecule has 0 bridgehead atoms. The maximum atomic E-state index is 14.2. The third kappa shape index (κ3) is 8.41. The number of alkyl halides is 13. The van der Waals surface area contributed by atoms with E-state index in [4.69, 9.17) is 9.47 Å². The smallest absolute Gasteiger partial charge is 0.460 e. The molecule has 0 unspecified atom stereocenters. The predicted octanol–water partition coefficient (Wildman–Crippen LogP) is 11.1. The molecule has 0 radical (unpaired) electrons. The van der Waals surface area contributed by atoms with Crippen molar-refractivity contribution in [2.24, 2.45) is 10.3 Å². The quantitative estimate of drug-likeness (QED) is 0.0627. The summed E-state index contributed by atoms with van der Waals surface area (Å²) in [6, 6.07) is 11.8. The van der Waals surface area contributed by atoms with Gasteiger partial charge in [-0.15, -0.1) is 16.5 Å². The molecule has 1 aliphatic rings. The third-order valence-electron chi connectivity index (χ3n) is 7.76. The lowest BCUT2D eigenvalue weighted by atomic mass is 9.91. The number of hydrogen-bond acceptors (Lipinski definition) is 6. The van der Waals surface area contributed by atoms with E-state index in [0.29, 0.717) is 65.0 Å². The van der Waals surface area contributed by atoms with E-state index in [9.17, 15) is 61.9 Å². The normalized spacial score (nSPS) is 14.7. The maximum absolute atomic E-state index is 14.2. The Morgan fingerprint density at radius 2 is 1.26 bits per heavy atom. The summed E-state index contributed by atoms with van der Waals surface area (Å²) in [6.45, 7) is 3.01. The van der Waals surface area contributed by atoms with Gasteiger partial charge >= 0.3 is 35.8 Å². The van der Waals surface area contributed by atoms with Crippen LogP contribution in [-0.4, -0.2) is 66.8 Å². The first-order chi connectivity index (χ1) is 24.6. The highest BCUT2D eigenvalue weighted by atomic mass is 32.1. The van der Waals surface area contributed by atoms with Crippen LogP contribution >= 0.6 is 11.3 Å². The lowest BCUT2D eigenvalue weighted by Crippen LogP contribution is -2.70. The van der Waals surface area contributed by atoms with Crippen molar-refractivity contribution in [3.8, 4) is 11.5 Å². The number of carbonyl (C=O) groups excluding carboxylic acids is 1. The van der Waals surface area contributed by atoms with Crippen LogP contribution in [0.2, 0.25) is 0 Å². The van der Waals surface area contributed by atoms with Crippen molar-refractivity contribution in [3.05, 3.63) is 75.0 Å². The average molecular weight is 794 g/mol. The Bertz CT molecular complexity index is 1780. The fourth-order valence-corrected chi connectivity index (χ4v) is 5.73. The van der Waals surface area contributed by atoms with E-state index in [1.165, 1.54) is 28.5 Å². The Labute approximate surface area is 296 Å². The first kappa shape index (κ1) is 41.4. The number of aldehydes is 1. The predicted molar refractivity (Wildman–Crippen MR) is 167 cm³/mol. The minimum absolute atomic E-state index is 0.0983. The monoisotopic (exact) mass is 793 g/mol. The van der Waals surface area contributed by atoms with E-state index < -0.39 is 48.6 Å². The first-order valence-electron chi connectivity index (χ1n) is 15.5. The van der Waals surface area contributed by atoms with Crippen LogP contribution in [0.3, 0.4) is 0 Å². The van der Waals surface area contributed by atoms with Crippen LogP contribution in [0, 0.1) is 0 Å². The summed E-state index contributed by atoms with van der Waals surface area (Å²) in [5, 5.41) is 9.92. The molecule has 0 fully saturated rings. The molecular weight excluding hydrogens is 765 g/mol. The van der Waals surface area contributed by atoms with Gasteiger partial charge in [0.2, 0.25) is 0 Å².